The van der Waals surface area contributed by atoms with E-state index in [0.717, 1.165) is 32.2 Å². The van der Waals surface area contributed by atoms with Crippen LogP contribution in [0.5, 0.6) is 0 Å². The van der Waals surface area contributed by atoms with Gasteiger partial charge in [0, 0.05) is 12.1 Å². The van der Waals surface area contributed by atoms with Crippen LogP contribution in [0.1, 0.15) is 25.7 Å². The minimum absolute atomic E-state index is 0.159. The Bertz CT molecular complexity index is 231. The van der Waals surface area contributed by atoms with E-state index in [2.05, 4.69) is 4.90 Å². The smallest absolute Gasteiger partial charge is 0.306 e. The van der Waals surface area contributed by atoms with Crippen LogP contribution in [0.4, 0.5) is 0 Å². The van der Waals surface area contributed by atoms with E-state index in [9.17, 15) is 4.79 Å². The molecule has 0 aromatic carbocycles. The van der Waals surface area contributed by atoms with Gasteiger partial charge in [-0.15, -0.1) is 0 Å². The summed E-state index contributed by atoms with van der Waals surface area (Å²) in [5, 5.41) is 18.0. The Morgan fingerprint density at radius 1 is 1.36 bits per heavy atom. The molecule has 2 rings (SSSR count). The molecular formula is C10H17NO3. The molecule has 4 heteroatoms. The maximum Gasteiger partial charge on any atom is 0.306 e. The molecule has 2 aliphatic rings. The lowest BCUT2D eigenvalue weighted by molar-refractivity contribution is -0.144. The van der Waals surface area contributed by atoms with Gasteiger partial charge < -0.3 is 10.2 Å². The number of rotatable bonds is 2. The minimum Gasteiger partial charge on any atom is -0.481 e. The van der Waals surface area contributed by atoms with Gasteiger partial charge in [-0.25, -0.2) is 0 Å². The Balaban J connectivity index is 1.97. The highest BCUT2D eigenvalue weighted by Gasteiger charge is 2.39. The van der Waals surface area contributed by atoms with E-state index >= 15 is 0 Å². The molecule has 0 aromatic rings. The Labute approximate surface area is 83.5 Å². The number of aliphatic hydroxyl groups excluding tert-OH is 1. The van der Waals surface area contributed by atoms with Crippen molar-refractivity contribution in [3.8, 4) is 0 Å². The van der Waals surface area contributed by atoms with Gasteiger partial charge >= 0.3 is 5.97 Å². The van der Waals surface area contributed by atoms with Crippen LogP contribution in [0.25, 0.3) is 0 Å². The standard InChI is InChI=1S/C10H17NO3/c12-6-9-2-1-8-5-7(10(13)14)3-4-11(8)9/h7-9,12H,1-6H2,(H,13,14)/t7?,8?,9-/m0/s1. The fourth-order valence-corrected chi connectivity index (χ4v) is 2.80. The quantitative estimate of drug-likeness (QED) is 0.671. The van der Waals surface area contributed by atoms with E-state index in [4.69, 9.17) is 10.2 Å². The van der Waals surface area contributed by atoms with E-state index in [-0.39, 0.29) is 18.6 Å². The number of aliphatic carboxylic acids is 1. The van der Waals surface area contributed by atoms with Gasteiger partial charge in [-0.05, 0) is 32.2 Å². The molecule has 14 heavy (non-hydrogen) atoms. The van der Waals surface area contributed by atoms with Crippen LogP contribution in [0.15, 0.2) is 0 Å². The third kappa shape index (κ3) is 1.64. The topological polar surface area (TPSA) is 60.8 Å². The molecule has 0 spiro atoms. The highest BCUT2D eigenvalue weighted by atomic mass is 16.4. The van der Waals surface area contributed by atoms with Crippen molar-refractivity contribution in [3.05, 3.63) is 0 Å². The molecule has 0 amide bonds. The predicted octanol–water partition coefficient (Wildman–Crippen LogP) is 0.306. The fourth-order valence-electron chi connectivity index (χ4n) is 2.80. The van der Waals surface area contributed by atoms with Gasteiger partial charge in [-0.1, -0.05) is 0 Å². The maximum atomic E-state index is 10.8. The molecule has 0 radical (unpaired) electrons. The third-order valence-corrected chi connectivity index (χ3v) is 3.62. The summed E-state index contributed by atoms with van der Waals surface area (Å²) in [6, 6.07) is 0.691. The monoisotopic (exact) mass is 199 g/mol. The molecule has 4 nitrogen and oxygen atoms in total. The molecule has 2 aliphatic heterocycles. The summed E-state index contributed by atoms with van der Waals surface area (Å²) in [5.41, 5.74) is 0. The summed E-state index contributed by atoms with van der Waals surface area (Å²) in [6.07, 6.45) is 3.58. The number of carbonyl (C=O) groups is 1. The first-order valence-corrected chi connectivity index (χ1v) is 5.31. The molecule has 2 N–H and O–H groups in total. The zero-order valence-corrected chi connectivity index (χ0v) is 8.22. The van der Waals surface area contributed by atoms with Gasteiger partial charge in [0.1, 0.15) is 0 Å². The molecule has 2 saturated heterocycles. The normalized spacial score (nSPS) is 38.2. The molecule has 3 atom stereocenters. The van der Waals surface area contributed by atoms with Crippen molar-refractivity contribution in [2.24, 2.45) is 5.92 Å². The summed E-state index contributed by atoms with van der Waals surface area (Å²) in [7, 11) is 0. The number of fused-ring (bicyclic) bond motifs is 1. The second kappa shape index (κ2) is 3.87. The highest BCUT2D eigenvalue weighted by Crippen LogP contribution is 2.33. The maximum absolute atomic E-state index is 10.8. The summed E-state index contributed by atoms with van der Waals surface area (Å²) in [6.45, 7) is 1.06. The van der Waals surface area contributed by atoms with E-state index in [1.165, 1.54) is 0 Å². The number of carboxylic acid groups (broad SMARTS) is 1. The Kier molecular flexibility index (Phi) is 2.74. The first kappa shape index (κ1) is 9.93. The largest absolute Gasteiger partial charge is 0.481 e. The second-order valence-corrected chi connectivity index (χ2v) is 4.36. The number of carboxylic acids is 1. The summed E-state index contributed by atoms with van der Waals surface area (Å²) < 4.78 is 0. The molecule has 0 aliphatic carbocycles. The zero-order valence-electron chi connectivity index (χ0n) is 8.22. The van der Waals surface area contributed by atoms with Gasteiger partial charge in [0.25, 0.3) is 0 Å². The van der Waals surface area contributed by atoms with Crippen LogP contribution >= 0.6 is 0 Å². The summed E-state index contributed by atoms with van der Waals surface area (Å²) in [5.74, 6) is -0.814. The minimum atomic E-state index is -0.655. The Morgan fingerprint density at radius 2 is 2.14 bits per heavy atom. The molecule has 2 unspecified atom stereocenters. The van der Waals surface area contributed by atoms with Crippen LogP contribution in [-0.4, -0.2) is 46.3 Å². The lowest BCUT2D eigenvalue weighted by Crippen LogP contribution is -2.45. The average molecular weight is 199 g/mol. The third-order valence-electron chi connectivity index (χ3n) is 3.62. The van der Waals surface area contributed by atoms with Crippen molar-refractivity contribution in [2.45, 2.75) is 37.8 Å². The second-order valence-electron chi connectivity index (χ2n) is 4.36. The van der Waals surface area contributed by atoms with Gasteiger partial charge in [-0.3, -0.25) is 9.69 Å². The Hall–Kier alpha value is -0.610. The van der Waals surface area contributed by atoms with Crippen molar-refractivity contribution in [1.82, 2.24) is 4.90 Å². The summed E-state index contributed by atoms with van der Waals surface area (Å²) >= 11 is 0. The fraction of sp³-hybridized carbons (Fsp3) is 0.900. The lowest BCUT2D eigenvalue weighted by Gasteiger charge is -2.35. The number of hydrogen-bond acceptors (Lipinski definition) is 3. The van der Waals surface area contributed by atoms with Gasteiger partial charge in [0.15, 0.2) is 0 Å². The molecule has 2 fully saturated rings. The molecule has 0 aromatic heterocycles. The Morgan fingerprint density at radius 3 is 2.79 bits per heavy atom. The van der Waals surface area contributed by atoms with Crippen molar-refractivity contribution < 1.29 is 15.0 Å². The van der Waals surface area contributed by atoms with E-state index in [1.54, 1.807) is 0 Å². The average Bonchev–Trinajstić information content (AvgIpc) is 2.59. The molecule has 0 bridgehead atoms. The first-order valence-electron chi connectivity index (χ1n) is 5.31. The number of aliphatic hydroxyl groups is 1. The van der Waals surface area contributed by atoms with Crippen LogP contribution in [-0.2, 0) is 4.79 Å². The number of nitrogens with zero attached hydrogens (tertiary/aromatic N) is 1. The van der Waals surface area contributed by atoms with Crippen LogP contribution < -0.4 is 0 Å². The van der Waals surface area contributed by atoms with E-state index < -0.39 is 5.97 Å². The molecular weight excluding hydrogens is 182 g/mol. The summed E-state index contributed by atoms with van der Waals surface area (Å²) in [4.78, 5) is 13.1. The number of hydrogen-bond donors (Lipinski definition) is 2. The SMILES string of the molecule is O=C(O)C1CCN2C(CC[C@H]2CO)C1. The van der Waals surface area contributed by atoms with Crippen LogP contribution in [0.2, 0.25) is 0 Å². The van der Waals surface area contributed by atoms with E-state index in [1.807, 2.05) is 0 Å². The molecule has 0 saturated carbocycles. The van der Waals surface area contributed by atoms with Crippen molar-refractivity contribution >= 4 is 5.97 Å². The number of piperidine rings is 1. The van der Waals surface area contributed by atoms with Gasteiger partial charge in [0.2, 0.25) is 0 Å². The predicted molar refractivity (Wildman–Crippen MR) is 51.0 cm³/mol. The van der Waals surface area contributed by atoms with Gasteiger partial charge in [0.05, 0.1) is 12.5 Å². The van der Waals surface area contributed by atoms with Crippen molar-refractivity contribution in [1.29, 1.82) is 0 Å². The first-order chi connectivity index (χ1) is 6.72. The van der Waals surface area contributed by atoms with E-state index in [0.29, 0.717) is 6.04 Å². The van der Waals surface area contributed by atoms with Crippen LogP contribution in [0, 0.1) is 5.92 Å². The zero-order chi connectivity index (χ0) is 10.1. The highest BCUT2D eigenvalue weighted by molar-refractivity contribution is 5.70. The van der Waals surface area contributed by atoms with Crippen LogP contribution in [0.3, 0.4) is 0 Å². The van der Waals surface area contributed by atoms with Crippen molar-refractivity contribution in [3.63, 3.8) is 0 Å². The van der Waals surface area contributed by atoms with Gasteiger partial charge in [-0.2, -0.15) is 0 Å². The molecule has 2 heterocycles. The van der Waals surface area contributed by atoms with Crippen molar-refractivity contribution in [2.75, 3.05) is 13.2 Å². The molecule has 80 valence electrons. The lowest BCUT2D eigenvalue weighted by atomic mass is 9.91.